The van der Waals surface area contributed by atoms with E-state index in [1.807, 2.05) is 0 Å². The van der Waals surface area contributed by atoms with Crippen molar-refractivity contribution in [3.8, 4) is 0 Å². The minimum absolute atomic E-state index is 0. The highest BCUT2D eigenvalue weighted by molar-refractivity contribution is 6.17. The summed E-state index contributed by atoms with van der Waals surface area (Å²) < 4.78 is 5.21. The highest BCUT2D eigenvalue weighted by Gasteiger charge is 2.08. The number of nitrogens with zero attached hydrogens (tertiary/aromatic N) is 1. The van der Waals surface area contributed by atoms with Crippen molar-refractivity contribution in [1.29, 1.82) is 0 Å². The smallest absolute Gasteiger partial charge is 0.0594 e. The molecule has 1 aliphatic heterocycles. The normalized spacial score (nSPS) is 17.8. The molecule has 1 rings (SSSR count). The third-order valence-corrected chi connectivity index (χ3v) is 1.98. The summed E-state index contributed by atoms with van der Waals surface area (Å²) >= 11 is 5.56. The van der Waals surface area contributed by atoms with Gasteiger partial charge in [-0.15, -0.1) is 24.0 Å². The van der Waals surface area contributed by atoms with Crippen molar-refractivity contribution < 1.29 is 10.2 Å². The van der Waals surface area contributed by atoms with Crippen LogP contribution in [0.3, 0.4) is 0 Å². The van der Waals surface area contributed by atoms with Crippen LogP contribution in [0.15, 0.2) is 0 Å². The van der Waals surface area contributed by atoms with E-state index in [0.29, 0.717) is 0 Å². The average Bonchev–Trinajstić information content (AvgIpc) is 2.03. The van der Waals surface area contributed by atoms with Gasteiger partial charge in [-0.2, -0.15) is 0 Å². The molecule has 5 heteroatoms. The minimum Gasteiger partial charge on any atom is -0.412 e. The molecule has 0 unspecified atom stereocenters. The summed E-state index contributed by atoms with van der Waals surface area (Å²) in [6, 6.07) is 0. The molecule has 12 heavy (non-hydrogen) atoms. The lowest BCUT2D eigenvalue weighted by Crippen LogP contribution is -2.36. The van der Waals surface area contributed by atoms with Gasteiger partial charge >= 0.3 is 0 Å². The number of hydrogen-bond acceptors (Lipinski definition) is 2. The standard InChI is InChI=1S/C7H14ClNO.ClH.H2O/c8-2-1-3-9-4-6-10-7-5-9;;/h1-7H2;1H;1H2. The Kier molecular flexibility index (Phi) is 11.9. The summed E-state index contributed by atoms with van der Waals surface area (Å²) in [4.78, 5) is 2.39. The van der Waals surface area contributed by atoms with Gasteiger partial charge in [0.05, 0.1) is 13.2 Å². The van der Waals surface area contributed by atoms with Crippen LogP contribution in [-0.4, -0.2) is 49.1 Å². The van der Waals surface area contributed by atoms with Crippen molar-refractivity contribution >= 4 is 24.0 Å². The monoisotopic (exact) mass is 217 g/mol. The van der Waals surface area contributed by atoms with Gasteiger partial charge in [-0.1, -0.05) is 0 Å². The van der Waals surface area contributed by atoms with Gasteiger partial charge in [0.1, 0.15) is 0 Å². The first-order chi connectivity index (χ1) is 4.93. The molecule has 76 valence electrons. The number of ether oxygens (including phenoxy) is 1. The molecule has 0 spiro atoms. The van der Waals surface area contributed by atoms with Crippen molar-refractivity contribution in [1.82, 2.24) is 4.90 Å². The largest absolute Gasteiger partial charge is 0.412 e. The van der Waals surface area contributed by atoms with E-state index in [1.54, 1.807) is 0 Å². The lowest BCUT2D eigenvalue weighted by molar-refractivity contribution is 0.0381. The number of halogens is 2. The SMILES string of the molecule is Cl.ClCCCN1CCOCC1.O. The Hall–Kier alpha value is 0.460. The van der Waals surface area contributed by atoms with Gasteiger partial charge in [-0.3, -0.25) is 4.90 Å². The zero-order valence-corrected chi connectivity index (χ0v) is 8.66. The first-order valence-corrected chi connectivity index (χ1v) is 4.33. The zero-order valence-electron chi connectivity index (χ0n) is 7.09. The summed E-state index contributed by atoms with van der Waals surface area (Å²) in [6.45, 7) is 5.07. The molecular formula is C7H17Cl2NO2. The lowest BCUT2D eigenvalue weighted by Gasteiger charge is -2.25. The van der Waals surface area contributed by atoms with Crippen LogP contribution >= 0.6 is 24.0 Å². The van der Waals surface area contributed by atoms with Crippen molar-refractivity contribution in [3.05, 3.63) is 0 Å². The van der Waals surface area contributed by atoms with Crippen molar-refractivity contribution in [3.63, 3.8) is 0 Å². The summed E-state index contributed by atoms with van der Waals surface area (Å²) in [5, 5.41) is 0. The van der Waals surface area contributed by atoms with Gasteiger partial charge in [0.15, 0.2) is 0 Å². The van der Waals surface area contributed by atoms with Gasteiger partial charge < -0.3 is 10.2 Å². The van der Waals surface area contributed by atoms with Crippen LogP contribution in [0.1, 0.15) is 6.42 Å². The molecular weight excluding hydrogens is 201 g/mol. The molecule has 1 fully saturated rings. The predicted octanol–water partition coefficient (Wildman–Crippen LogP) is 0.545. The maximum absolute atomic E-state index is 5.56. The molecule has 0 aromatic carbocycles. The molecule has 1 heterocycles. The number of alkyl halides is 1. The Morgan fingerprint density at radius 1 is 1.25 bits per heavy atom. The van der Waals surface area contributed by atoms with Gasteiger partial charge in [-0.25, -0.2) is 0 Å². The van der Waals surface area contributed by atoms with E-state index in [4.69, 9.17) is 16.3 Å². The maximum atomic E-state index is 5.56. The van der Waals surface area contributed by atoms with Crippen LogP contribution in [0, 0.1) is 0 Å². The van der Waals surface area contributed by atoms with Gasteiger partial charge in [0.25, 0.3) is 0 Å². The highest BCUT2D eigenvalue weighted by Crippen LogP contribution is 1.98. The van der Waals surface area contributed by atoms with Crippen LogP contribution in [-0.2, 0) is 4.74 Å². The fourth-order valence-electron chi connectivity index (χ4n) is 1.11. The topological polar surface area (TPSA) is 44.0 Å². The molecule has 0 bridgehead atoms. The van der Waals surface area contributed by atoms with Crippen LogP contribution < -0.4 is 0 Å². The Morgan fingerprint density at radius 2 is 1.83 bits per heavy atom. The molecule has 1 aliphatic rings. The van der Waals surface area contributed by atoms with Gasteiger partial charge in [0.2, 0.25) is 0 Å². The summed E-state index contributed by atoms with van der Waals surface area (Å²) in [7, 11) is 0. The maximum Gasteiger partial charge on any atom is 0.0594 e. The van der Waals surface area contributed by atoms with E-state index in [9.17, 15) is 0 Å². The van der Waals surface area contributed by atoms with E-state index >= 15 is 0 Å². The Bertz CT molecular complexity index is 89.5. The predicted molar refractivity (Wildman–Crippen MR) is 53.5 cm³/mol. The van der Waals surface area contributed by atoms with Crippen molar-refractivity contribution in [2.75, 3.05) is 38.7 Å². The molecule has 0 amide bonds. The number of hydrogen-bond donors (Lipinski definition) is 0. The fraction of sp³-hybridized carbons (Fsp3) is 1.00. The Morgan fingerprint density at radius 3 is 2.33 bits per heavy atom. The molecule has 0 saturated carbocycles. The average molecular weight is 218 g/mol. The third kappa shape index (κ3) is 6.03. The van der Waals surface area contributed by atoms with E-state index in [0.717, 1.165) is 45.1 Å². The molecule has 0 aromatic heterocycles. The summed E-state index contributed by atoms with van der Waals surface area (Å²) in [6.07, 6.45) is 1.10. The molecule has 0 atom stereocenters. The first kappa shape index (κ1) is 15.0. The van der Waals surface area contributed by atoms with Gasteiger partial charge in [0, 0.05) is 19.0 Å². The Labute approximate surface area is 84.7 Å². The van der Waals surface area contributed by atoms with E-state index < -0.39 is 0 Å². The van der Waals surface area contributed by atoms with E-state index in [2.05, 4.69) is 4.90 Å². The molecule has 0 radical (unpaired) electrons. The van der Waals surface area contributed by atoms with Gasteiger partial charge in [-0.05, 0) is 13.0 Å². The molecule has 2 N–H and O–H groups in total. The highest BCUT2D eigenvalue weighted by atomic mass is 35.5. The van der Waals surface area contributed by atoms with Crippen LogP contribution in [0.4, 0.5) is 0 Å². The number of rotatable bonds is 3. The molecule has 3 nitrogen and oxygen atoms in total. The lowest BCUT2D eigenvalue weighted by atomic mass is 10.4. The van der Waals surface area contributed by atoms with E-state index in [1.165, 1.54) is 0 Å². The second-order valence-corrected chi connectivity index (χ2v) is 2.87. The van der Waals surface area contributed by atoms with Crippen LogP contribution in [0.25, 0.3) is 0 Å². The molecule has 1 saturated heterocycles. The molecule has 0 aliphatic carbocycles. The van der Waals surface area contributed by atoms with Crippen LogP contribution in [0.2, 0.25) is 0 Å². The van der Waals surface area contributed by atoms with E-state index in [-0.39, 0.29) is 17.9 Å². The zero-order chi connectivity index (χ0) is 7.23. The van der Waals surface area contributed by atoms with Crippen molar-refractivity contribution in [2.24, 2.45) is 0 Å². The van der Waals surface area contributed by atoms with Crippen LogP contribution in [0.5, 0.6) is 0 Å². The summed E-state index contributed by atoms with van der Waals surface area (Å²) in [5.41, 5.74) is 0. The fourth-order valence-corrected chi connectivity index (χ4v) is 1.23. The quantitative estimate of drug-likeness (QED) is 0.649. The second-order valence-electron chi connectivity index (χ2n) is 2.50. The first-order valence-electron chi connectivity index (χ1n) is 3.79. The van der Waals surface area contributed by atoms with Crippen molar-refractivity contribution in [2.45, 2.75) is 6.42 Å². The minimum atomic E-state index is 0. The number of morpholine rings is 1. The summed E-state index contributed by atoms with van der Waals surface area (Å²) in [5.74, 6) is 0.775. The second kappa shape index (κ2) is 9.55. The third-order valence-electron chi connectivity index (χ3n) is 1.71. The molecule has 0 aromatic rings. The Balaban J connectivity index is 0.